The monoisotopic (exact) mass is 469 g/mol. The molecule has 5 nitrogen and oxygen atoms in total. The van der Waals surface area contributed by atoms with Crippen molar-refractivity contribution in [2.75, 3.05) is 20.1 Å². The topological polar surface area (TPSA) is 70.1 Å². The summed E-state index contributed by atoms with van der Waals surface area (Å²) in [6.07, 6.45) is 4.68. The van der Waals surface area contributed by atoms with Crippen LogP contribution in [0.3, 0.4) is 0 Å². The Labute approximate surface area is 170 Å². The van der Waals surface area contributed by atoms with Crippen molar-refractivity contribution in [3.05, 3.63) is 29.8 Å². The fraction of sp³-hybridized carbons (Fsp3) is 0.550. The average molecular weight is 469 g/mol. The number of benzene rings is 1. The van der Waals surface area contributed by atoms with Gasteiger partial charge in [-0.05, 0) is 24.1 Å². The van der Waals surface area contributed by atoms with Gasteiger partial charge in [-0.2, -0.15) is 0 Å². The molecule has 1 aromatic carbocycles. The van der Waals surface area contributed by atoms with E-state index in [0.29, 0.717) is 31.4 Å². The molecule has 2 aliphatic heterocycles. The first-order valence-corrected chi connectivity index (χ1v) is 9.11. The van der Waals surface area contributed by atoms with Crippen molar-refractivity contribution in [2.24, 2.45) is 0 Å². The highest BCUT2D eigenvalue weighted by atomic mass is 127. The number of likely N-dealkylation sites (N-methyl/N-ethyl adjacent to an activating group) is 1. The summed E-state index contributed by atoms with van der Waals surface area (Å²) in [7, 11) is 2.19. The molecule has 26 heavy (non-hydrogen) atoms. The van der Waals surface area contributed by atoms with Gasteiger partial charge in [-0.25, -0.2) is 0 Å². The number of carbonyl (C=O) groups is 1. The molecular weight excluding hydrogens is 445 g/mol. The molecule has 2 fully saturated rings. The fourth-order valence-electron chi connectivity index (χ4n) is 6.10. The minimum Gasteiger partial charge on any atom is -1.00 e. The smallest absolute Gasteiger partial charge is 0.211 e. The van der Waals surface area contributed by atoms with Gasteiger partial charge in [-0.3, -0.25) is 4.79 Å². The predicted molar refractivity (Wildman–Crippen MR) is 91.9 cm³/mol. The van der Waals surface area contributed by atoms with Gasteiger partial charge in [0.15, 0.2) is 11.5 Å². The Kier molecular flexibility index (Phi) is 3.83. The van der Waals surface area contributed by atoms with Gasteiger partial charge in [0.2, 0.25) is 5.75 Å². The maximum absolute atomic E-state index is 12.4. The molecule has 4 atom stereocenters. The van der Waals surface area contributed by atoms with E-state index in [1.54, 1.807) is 6.07 Å². The van der Waals surface area contributed by atoms with Gasteiger partial charge in [0, 0.05) is 36.7 Å². The molecule has 6 heteroatoms. The first-order valence-electron chi connectivity index (χ1n) is 9.11. The summed E-state index contributed by atoms with van der Waals surface area (Å²) in [5.74, 6) is 1.68. The minimum absolute atomic E-state index is 0. The Morgan fingerprint density at radius 2 is 2.19 bits per heavy atom. The zero-order valence-electron chi connectivity index (χ0n) is 14.9. The third-order valence-corrected chi connectivity index (χ3v) is 7.41. The van der Waals surface area contributed by atoms with Crippen LogP contribution in [0.5, 0.6) is 17.2 Å². The number of phenols is 1. The quantitative estimate of drug-likeness (QED) is 0.261. The standard InChI is InChI=1S/C20H23NO4.HI/c1-3-7-21(2)8-6-19-11-12(22)4-5-20(19,24)16(21)9-13-14(19)10-15(23)18-17(13)25-18;/h3,10,16,24H,1,4-9,11H2,2H3;1H/t16-,19-,20-,21?;/m1./s1. The van der Waals surface area contributed by atoms with E-state index in [-0.39, 0.29) is 41.6 Å². The Morgan fingerprint density at radius 1 is 1.42 bits per heavy atom. The van der Waals surface area contributed by atoms with Crippen LogP contribution in [-0.4, -0.2) is 52.3 Å². The number of aliphatic hydroxyl groups is 1. The summed E-state index contributed by atoms with van der Waals surface area (Å²) in [4.78, 5) is 12.4. The highest BCUT2D eigenvalue weighted by Gasteiger charge is 2.70. The first-order chi connectivity index (χ1) is 11.8. The molecule has 2 aliphatic carbocycles. The van der Waals surface area contributed by atoms with Gasteiger partial charge >= 0.3 is 0 Å². The van der Waals surface area contributed by atoms with Crippen LogP contribution < -0.4 is 28.7 Å². The normalized spacial score (nSPS) is 38.8. The minimum atomic E-state index is -0.931. The van der Waals surface area contributed by atoms with Gasteiger partial charge < -0.3 is 43.4 Å². The van der Waals surface area contributed by atoms with E-state index in [1.807, 2.05) is 6.08 Å². The second-order valence-electron chi connectivity index (χ2n) is 8.55. The van der Waals surface area contributed by atoms with Crippen LogP contribution in [0.25, 0.3) is 0 Å². The van der Waals surface area contributed by atoms with Crippen molar-refractivity contribution in [3.8, 4) is 17.2 Å². The van der Waals surface area contributed by atoms with Crippen molar-refractivity contribution in [3.63, 3.8) is 0 Å². The molecule has 140 valence electrons. The van der Waals surface area contributed by atoms with Crippen LogP contribution in [0.2, 0.25) is 0 Å². The predicted octanol–water partition coefficient (Wildman–Crippen LogP) is -0.815. The number of halogens is 1. The number of likely N-dealkylation sites (tertiary alicyclic amines) is 1. The average Bonchev–Trinajstić information content (AvgIpc) is 3.35. The van der Waals surface area contributed by atoms with E-state index >= 15 is 0 Å². The lowest BCUT2D eigenvalue weighted by Crippen LogP contribution is -3.00. The number of quaternary nitrogens is 1. The molecule has 1 aromatic rings. The Balaban J connectivity index is 0.00000168. The molecule has 0 aromatic heterocycles. The molecule has 1 saturated carbocycles. The Morgan fingerprint density at radius 3 is 2.92 bits per heavy atom. The van der Waals surface area contributed by atoms with Gasteiger partial charge in [-0.1, -0.05) is 6.58 Å². The number of ether oxygens (including phenoxy) is 1. The number of nitrogens with zero attached hydrogens (tertiary/aromatic N) is 1. The second-order valence-corrected chi connectivity index (χ2v) is 8.55. The van der Waals surface area contributed by atoms with Gasteiger partial charge in [0.1, 0.15) is 17.4 Å². The van der Waals surface area contributed by atoms with Crippen LogP contribution in [-0.2, 0) is 16.6 Å². The molecule has 2 bridgehead atoms. The third-order valence-electron chi connectivity index (χ3n) is 7.41. The zero-order valence-corrected chi connectivity index (χ0v) is 17.1. The number of hydrogen-bond acceptors (Lipinski definition) is 4. The number of rotatable bonds is 2. The molecule has 1 saturated heterocycles. The van der Waals surface area contributed by atoms with E-state index in [4.69, 9.17) is 4.74 Å². The SMILES string of the molecule is C=CC[N+]1(C)CC[C@]23CC(=O)CC[C@@]2(O)[C@H]1Cc1c3cc(O)c2c1O2.[I-]. The molecule has 2 heterocycles. The van der Waals surface area contributed by atoms with Crippen LogP contribution in [0, 0.1) is 0 Å². The summed E-state index contributed by atoms with van der Waals surface area (Å²) < 4.78 is 6.29. The number of piperidine rings is 1. The molecular formula is C20H24INO4. The van der Waals surface area contributed by atoms with Crippen molar-refractivity contribution in [1.29, 1.82) is 0 Å². The van der Waals surface area contributed by atoms with Gasteiger partial charge in [-0.15, -0.1) is 0 Å². The lowest BCUT2D eigenvalue weighted by Gasteiger charge is -2.64. The van der Waals surface area contributed by atoms with Crippen molar-refractivity contribution < 1.29 is 48.2 Å². The van der Waals surface area contributed by atoms with Crippen molar-refractivity contribution in [1.82, 2.24) is 0 Å². The zero-order chi connectivity index (χ0) is 17.6. The summed E-state index contributed by atoms with van der Waals surface area (Å²) in [5, 5.41) is 22.2. The van der Waals surface area contributed by atoms with Crippen molar-refractivity contribution >= 4 is 5.78 Å². The summed E-state index contributed by atoms with van der Waals surface area (Å²) in [5.41, 5.74) is 0.500. The van der Waals surface area contributed by atoms with E-state index in [1.165, 1.54) is 0 Å². The van der Waals surface area contributed by atoms with Crippen molar-refractivity contribution in [2.45, 2.75) is 49.2 Å². The van der Waals surface area contributed by atoms with Gasteiger partial charge in [0.25, 0.3) is 0 Å². The summed E-state index contributed by atoms with van der Waals surface area (Å²) >= 11 is 0. The molecule has 5 rings (SSSR count). The largest absolute Gasteiger partial charge is 1.00 e. The number of fused-ring (bicyclic) bond motifs is 3. The number of ketones is 1. The van der Waals surface area contributed by atoms with E-state index in [2.05, 4.69) is 13.6 Å². The van der Waals surface area contributed by atoms with E-state index < -0.39 is 11.0 Å². The molecule has 4 aliphatic rings. The molecule has 1 unspecified atom stereocenters. The summed E-state index contributed by atoms with van der Waals surface area (Å²) in [6.45, 7) is 5.61. The highest BCUT2D eigenvalue weighted by Crippen LogP contribution is 2.65. The lowest BCUT2D eigenvalue weighted by atomic mass is 9.49. The Bertz CT molecular complexity index is 840. The van der Waals surface area contributed by atoms with Crippen LogP contribution in [0.4, 0.5) is 0 Å². The maximum atomic E-state index is 12.4. The lowest BCUT2D eigenvalue weighted by molar-refractivity contribution is -0.943. The number of phenolic OH excluding ortho intramolecular Hbond substituents is 1. The van der Waals surface area contributed by atoms with E-state index in [0.717, 1.165) is 40.9 Å². The molecule has 0 spiro atoms. The van der Waals surface area contributed by atoms with Crippen LogP contribution >= 0.6 is 0 Å². The fourth-order valence-corrected chi connectivity index (χ4v) is 6.10. The van der Waals surface area contributed by atoms with Gasteiger partial charge in [0.05, 0.1) is 20.1 Å². The number of Topliss-reactive ketones (excluding diaryl/α,β-unsaturated/α-hetero) is 1. The highest BCUT2D eigenvalue weighted by molar-refractivity contribution is 5.83. The van der Waals surface area contributed by atoms with E-state index in [9.17, 15) is 15.0 Å². The summed E-state index contributed by atoms with van der Waals surface area (Å²) in [6, 6.07) is 1.77. The number of aromatic hydroxyl groups is 1. The Hall–Kier alpha value is -1.12. The molecule has 0 amide bonds. The third kappa shape index (κ3) is 2.01. The number of carbonyl (C=O) groups excluding carboxylic acids is 1. The molecule has 0 radical (unpaired) electrons. The van der Waals surface area contributed by atoms with Crippen LogP contribution in [0.15, 0.2) is 18.7 Å². The molecule has 2 N–H and O–H groups in total. The number of hydrogen-bond donors (Lipinski definition) is 2. The van der Waals surface area contributed by atoms with Crippen LogP contribution in [0.1, 0.15) is 36.8 Å². The second kappa shape index (κ2) is 5.45. The maximum Gasteiger partial charge on any atom is 0.211 e. The first kappa shape index (κ1) is 18.3.